The number of carbonyl (C=O) groups is 1. The third-order valence-electron chi connectivity index (χ3n) is 2.78. The average Bonchev–Trinajstić information content (AvgIpc) is 2.31. The van der Waals surface area contributed by atoms with Crippen LogP contribution in [0.15, 0.2) is 35.7 Å². The van der Waals surface area contributed by atoms with E-state index < -0.39 is 15.9 Å². The van der Waals surface area contributed by atoms with Crippen molar-refractivity contribution in [2.45, 2.75) is 18.7 Å². The van der Waals surface area contributed by atoms with E-state index in [2.05, 4.69) is 6.58 Å². The number of hydrogen-bond donors (Lipinski definition) is 1. The third-order valence-corrected chi connectivity index (χ3v) is 4.59. The van der Waals surface area contributed by atoms with Gasteiger partial charge in [0.1, 0.15) is 0 Å². The minimum Gasteiger partial charge on any atom is -0.369 e. The number of aryl methyl sites for hydroxylation is 2. The van der Waals surface area contributed by atoms with E-state index in [0.717, 1.165) is 15.4 Å². The molecule has 1 amide bonds. The highest BCUT2D eigenvalue weighted by Crippen LogP contribution is 2.18. The SMILES string of the molecule is C=CCN(CC(N)=O)S(=O)(=O)c1ccc(C)c(C)c1. The zero-order chi connectivity index (χ0) is 14.6. The Morgan fingerprint density at radius 3 is 2.47 bits per heavy atom. The van der Waals surface area contributed by atoms with Crippen LogP contribution in [0, 0.1) is 13.8 Å². The van der Waals surface area contributed by atoms with Gasteiger partial charge in [0.2, 0.25) is 15.9 Å². The lowest BCUT2D eigenvalue weighted by atomic mass is 10.1. The van der Waals surface area contributed by atoms with Crippen LogP contribution < -0.4 is 5.73 Å². The molecule has 0 saturated carbocycles. The number of primary amides is 1. The second-order valence-corrected chi connectivity index (χ2v) is 6.24. The van der Waals surface area contributed by atoms with Gasteiger partial charge in [0.25, 0.3) is 0 Å². The summed E-state index contributed by atoms with van der Waals surface area (Å²) >= 11 is 0. The molecule has 0 aliphatic carbocycles. The van der Waals surface area contributed by atoms with E-state index >= 15 is 0 Å². The lowest BCUT2D eigenvalue weighted by Crippen LogP contribution is -2.38. The largest absolute Gasteiger partial charge is 0.369 e. The molecule has 1 aromatic rings. The molecule has 6 heteroatoms. The first-order valence-corrected chi connectivity index (χ1v) is 7.19. The summed E-state index contributed by atoms with van der Waals surface area (Å²) in [6.07, 6.45) is 1.42. The van der Waals surface area contributed by atoms with Gasteiger partial charge in [-0.15, -0.1) is 6.58 Å². The Morgan fingerprint density at radius 2 is 2.00 bits per heavy atom. The van der Waals surface area contributed by atoms with Crippen LogP contribution >= 0.6 is 0 Å². The Morgan fingerprint density at radius 1 is 1.37 bits per heavy atom. The molecule has 0 fully saturated rings. The predicted octanol–water partition coefficient (Wildman–Crippen LogP) is 0.965. The third kappa shape index (κ3) is 3.65. The first-order valence-electron chi connectivity index (χ1n) is 5.75. The van der Waals surface area contributed by atoms with Crippen molar-refractivity contribution in [3.63, 3.8) is 0 Å². The molecular weight excluding hydrogens is 264 g/mol. The fraction of sp³-hybridized carbons (Fsp3) is 0.308. The number of nitrogens with zero attached hydrogens (tertiary/aromatic N) is 1. The Hall–Kier alpha value is -1.66. The molecule has 2 N–H and O–H groups in total. The number of amides is 1. The molecule has 5 nitrogen and oxygen atoms in total. The number of rotatable bonds is 6. The molecule has 0 unspecified atom stereocenters. The molecule has 0 atom stereocenters. The summed E-state index contributed by atoms with van der Waals surface area (Å²) in [7, 11) is -3.74. The monoisotopic (exact) mass is 282 g/mol. The fourth-order valence-corrected chi connectivity index (χ4v) is 3.05. The molecule has 0 aromatic heterocycles. The van der Waals surface area contributed by atoms with E-state index in [0.29, 0.717) is 0 Å². The van der Waals surface area contributed by atoms with Crippen molar-refractivity contribution in [1.82, 2.24) is 4.31 Å². The summed E-state index contributed by atoms with van der Waals surface area (Å²) in [6.45, 7) is 6.90. The maximum absolute atomic E-state index is 12.4. The number of hydrogen-bond acceptors (Lipinski definition) is 3. The average molecular weight is 282 g/mol. The summed E-state index contributed by atoms with van der Waals surface area (Å²) in [5.74, 6) is -0.700. The first-order chi connectivity index (χ1) is 8.78. The van der Waals surface area contributed by atoms with Crippen molar-refractivity contribution in [1.29, 1.82) is 0 Å². The molecule has 0 saturated heterocycles. The topological polar surface area (TPSA) is 80.5 Å². The minimum atomic E-state index is -3.74. The van der Waals surface area contributed by atoms with Gasteiger partial charge < -0.3 is 5.73 Å². The fourth-order valence-electron chi connectivity index (χ4n) is 1.59. The van der Waals surface area contributed by atoms with Crippen molar-refractivity contribution in [3.8, 4) is 0 Å². The van der Waals surface area contributed by atoms with Crippen LogP contribution in [0.5, 0.6) is 0 Å². The zero-order valence-corrected chi connectivity index (χ0v) is 11.9. The Kier molecular flexibility index (Phi) is 4.85. The zero-order valence-electron chi connectivity index (χ0n) is 11.1. The van der Waals surface area contributed by atoms with E-state index in [4.69, 9.17) is 5.73 Å². The molecule has 0 aliphatic heterocycles. The highest BCUT2D eigenvalue weighted by Gasteiger charge is 2.25. The van der Waals surface area contributed by atoms with Crippen molar-refractivity contribution in [2.24, 2.45) is 5.73 Å². The van der Waals surface area contributed by atoms with E-state index in [1.54, 1.807) is 12.1 Å². The Balaban J connectivity index is 3.21. The Bertz CT molecular complexity index is 594. The number of nitrogens with two attached hydrogens (primary N) is 1. The van der Waals surface area contributed by atoms with Gasteiger partial charge in [0.15, 0.2) is 0 Å². The molecule has 0 bridgehead atoms. The summed E-state index contributed by atoms with van der Waals surface area (Å²) in [6, 6.07) is 4.84. The highest BCUT2D eigenvalue weighted by atomic mass is 32.2. The smallest absolute Gasteiger partial charge is 0.243 e. The van der Waals surface area contributed by atoms with Crippen molar-refractivity contribution < 1.29 is 13.2 Å². The highest BCUT2D eigenvalue weighted by molar-refractivity contribution is 7.89. The molecule has 1 rings (SSSR count). The molecule has 0 heterocycles. The van der Waals surface area contributed by atoms with Crippen LogP contribution in [0.1, 0.15) is 11.1 Å². The molecule has 0 spiro atoms. The van der Waals surface area contributed by atoms with Crippen LogP contribution in [0.2, 0.25) is 0 Å². The van der Waals surface area contributed by atoms with Crippen LogP contribution in [0.4, 0.5) is 0 Å². The van der Waals surface area contributed by atoms with Crippen molar-refractivity contribution >= 4 is 15.9 Å². The summed E-state index contributed by atoms with van der Waals surface area (Å²) in [5.41, 5.74) is 6.95. The van der Waals surface area contributed by atoms with Crippen molar-refractivity contribution in [2.75, 3.05) is 13.1 Å². The van der Waals surface area contributed by atoms with E-state index in [1.165, 1.54) is 12.1 Å². The van der Waals surface area contributed by atoms with Crippen LogP contribution in [-0.4, -0.2) is 31.7 Å². The lowest BCUT2D eigenvalue weighted by Gasteiger charge is -2.19. The summed E-state index contributed by atoms with van der Waals surface area (Å²) in [4.78, 5) is 11.1. The Labute approximate surface area is 113 Å². The van der Waals surface area contributed by atoms with Gasteiger partial charge in [-0.3, -0.25) is 4.79 Å². The number of carbonyl (C=O) groups excluding carboxylic acids is 1. The second-order valence-electron chi connectivity index (χ2n) is 4.30. The van der Waals surface area contributed by atoms with Gasteiger partial charge in [-0.2, -0.15) is 4.31 Å². The maximum Gasteiger partial charge on any atom is 0.243 e. The van der Waals surface area contributed by atoms with Crippen LogP contribution in [0.3, 0.4) is 0 Å². The molecular formula is C13H18N2O3S. The van der Waals surface area contributed by atoms with Gasteiger partial charge in [0, 0.05) is 6.54 Å². The van der Waals surface area contributed by atoms with Gasteiger partial charge in [-0.05, 0) is 37.1 Å². The van der Waals surface area contributed by atoms with Crippen LogP contribution in [-0.2, 0) is 14.8 Å². The number of sulfonamides is 1. The van der Waals surface area contributed by atoms with E-state index in [9.17, 15) is 13.2 Å². The van der Waals surface area contributed by atoms with E-state index in [1.807, 2.05) is 13.8 Å². The lowest BCUT2D eigenvalue weighted by molar-refractivity contribution is -0.118. The van der Waals surface area contributed by atoms with Gasteiger partial charge >= 0.3 is 0 Å². The first kappa shape index (κ1) is 15.4. The molecule has 0 radical (unpaired) electrons. The molecule has 1 aromatic carbocycles. The minimum absolute atomic E-state index is 0.0399. The molecule has 104 valence electrons. The van der Waals surface area contributed by atoms with Crippen LogP contribution in [0.25, 0.3) is 0 Å². The second kappa shape index (κ2) is 5.99. The molecule has 19 heavy (non-hydrogen) atoms. The van der Waals surface area contributed by atoms with E-state index in [-0.39, 0.29) is 18.0 Å². The predicted molar refractivity (Wildman–Crippen MR) is 74.1 cm³/mol. The maximum atomic E-state index is 12.4. The number of benzene rings is 1. The summed E-state index contributed by atoms with van der Waals surface area (Å²) in [5, 5.41) is 0. The quantitative estimate of drug-likeness (QED) is 0.789. The van der Waals surface area contributed by atoms with Gasteiger partial charge in [0.05, 0.1) is 11.4 Å². The van der Waals surface area contributed by atoms with Crippen molar-refractivity contribution in [3.05, 3.63) is 42.0 Å². The van der Waals surface area contributed by atoms with Gasteiger partial charge in [-0.1, -0.05) is 12.1 Å². The van der Waals surface area contributed by atoms with Gasteiger partial charge in [-0.25, -0.2) is 8.42 Å². The molecule has 0 aliphatic rings. The summed E-state index contributed by atoms with van der Waals surface area (Å²) < 4.78 is 25.8. The normalized spacial score (nSPS) is 11.5. The standard InChI is InChI=1S/C13H18N2O3S/c1-4-7-15(9-13(14)16)19(17,18)12-6-5-10(2)11(3)8-12/h4-6,8H,1,7,9H2,2-3H3,(H2,14,16).